The van der Waals surface area contributed by atoms with Crippen molar-refractivity contribution in [3.05, 3.63) is 36.0 Å². The van der Waals surface area contributed by atoms with E-state index in [0.717, 1.165) is 61.4 Å². The number of benzene rings is 1. The summed E-state index contributed by atoms with van der Waals surface area (Å²) < 4.78 is 7.57. The zero-order valence-electron chi connectivity index (χ0n) is 19.6. The van der Waals surface area contributed by atoms with E-state index >= 15 is 0 Å². The van der Waals surface area contributed by atoms with Crippen LogP contribution < -0.4 is 21.1 Å². The largest absolute Gasteiger partial charge is 0.497 e. The van der Waals surface area contributed by atoms with E-state index in [4.69, 9.17) is 20.4 Å². The molecule has 2 fully saturated rings. The Bertz CT molecular complexity index is 1050. The second-order valence-electron chi connectivity index (χ2n) is 9.10. The van der Waals surface area contributed by atoms with E-state index in [1.165, 1.54) is 18.4 Å². The zero-order chi connectivity index (χ0) is 21.9. The van der Waals surface area contributed by atoms with Crippen LogP contribution in [0.15, 0.2) is 30.5 Å². The van der Waals surface area contributed by atoms with Crippen LogP contribution in [0.2, 0.25) is 0 Å². The third kappa shape index (κ3) is 5.85. The molecule has 2 heterocycles. The highest BCUT2D eigenvalue weighted by Crippen LogP contribution is 2.35. The lowest BCUT2D eigenvalue weighted by Gasteiger charge is -2.26. The summed E-state index contributed by atoms with van der Waals surface area (Å²) in [5.74, 6) is 2.43. The van der Waals surface area contributed by atoms with E-state index < -0.39 is 0 Å². The van der Waals surface area contributed by atoms with Gasteiger partial charge < -0.3 is 21.1 Å². The van der Waals surface area contributed by atoms with E-state index in [-0.39, 0.29) is 24.8 Å². The number of hydrogen-bond acceptors (Lipinski definition) is 7. The number of halogens is 2. The Labute approximate surface area is 213 Å². The van der Waals surface area contributed by atoms with Gasteiger partial charge in [-0.25, -0.2) is 9.97 Å². The molecule has 2 saturated carbocycles. The fraction of sp³-hybridized carbons (Fsp3) is 0.542. The summed E-state index contributed by atoms with van der Waals surface area (Å²) >= 11 is 0. The van der Waals surface area contributed by atoms with Crippen LogP contribution in [-0.2, 0) is 6.54 Å². The molecule has 0 amide bonds. The topological polar surface area (TPSA) is 103 Å². The Hall–Kier alpha value is -2.29. The molecule has 2 aliphatic carbocycles. The number of aromatic nitrogens is 4. The smallest absolute Gasteiger partial charge is 0.224 e. The molecule has 0 bridgehead atoms. The summed E-state index contributed by atoms with van der Waals surface area (Å²) in [6.07, 6.45) is 10.9. The molecule has 2 aliphatic rings. The van der Waals surface area contributed by atoms with Crippen molar-refractivity contribution in [1.29, 1.82) is 0 Å². The highest BCUT2D eigenvalue weighted by Gasteiger charge is 2.25. The number of nitrogens with zero attached hydrogens (tertiary/aromatic N) is 4. The Morgan fingerprint density at radius 3 is 2.38 bits per heavy atom. The van der Waals surface area contributed by atoms with E-state index in [1.807, 2.05) is 18.3 Å². The van der Waals surface area contributed by atoms with Crippen LogP contribution in [0.3, 0.4) is 0 Å². The van der Waals surface area contributed by atoms with Gasteiger partial charge >= 0.3 is 0 Å². The fourth-order valence-electron chi connectivity index (χ4n) is 4.96. The highest BCUT2D eigenvalue weighted by molar-refractivity contribution is 5.85. The van der Waals surface area contributed by atoms with Gasteiger partial charge in [0, 0.05) is 24.7 Å². The molecule has 0 saturated heterocycles. The van der Waals surface area contributed by atoms with Gasteiger partial charge in [0.25, 0.3) is 0 Å². The molecule has 0 atom stereocenters. The molecule has 8 nitrogen and oxygen atoms in total. The first kappa shape index (κ1) is 26.3. The maximum Gasteiger partial charge on any atom is 0.224 e. The Morgan fingerprint density at radius 1 is 1.00 bits per heavy atom. The number of fused-ring (bicyclic) bond motifs is 1. The molecule has 5 rings (SSSR count). The van der Waals surface area contributed by atoms with Gasteiger partial charge in [0.1, 0.15) is 11.3 Å². The number of anilines is 2. The maximum atomic E-state index is 6.06. The molecular weight excluding hydrogens is 473 g/mol. The van der Waals surface area contributed by atoms with Crippen LogP contribution in [0.25, 0.3) is 11.2 Å². The Morgan fingerprint density at radius 2 is 1.71 bits per heavy atom. The molecule has 0 aliphatic heterocycles. The number of nitrogens with two attached hydrogens (primary N) is 1. The molecule has 0 spiro atoms. The minimum Gasteiger partial charge on any atom is -0.497 e. The SMILES string of the molecule is COc1ccc(CNc2nc3cnc(N[C@H]4CC[C@H](N)CC4)nc3n2C2CCCC2)cc1.Cl.Cl. The van der Waals surface area contributed by atoms with Crippen molar-refractivity contribution in [3.8, 4) is 5.75 Å². The van der Waals surface area contributed by atoms with Crippen LogP contribution >= 0.6 is 24.8 Å². The van der Waals surface area contributed by atoms with Gasteiger partial charge in [0.15, 0.2) is 5.65 Å². The number of methoxy groups -OCH3 is 1. The first-order chi connectivity index (χ1) is 15.7. The predicted molar refractivity (Wildman–Crippen MR) is 141 cm³/mol. The normalized spacial score (nSPS) is 20.4. The van der Waals surface area contributed by atoms with Crippen molar-refractivity contribution in [2.45, 2.75) is 76.0 Å². The van der Waals surface area contributed by atoms with Crippen LogP contribution in [0.4, 0.5) is 11.9 Å². The molecule has 3 aromatic rings. The molecule has 34 heavy (non-hydrogen) atoms. The number of imidazole rings is 1. The summed E-state index contributed by atoms with van der Waals surface area (Å²) in [6.45, 7) is 0.695. The van der Waals surface area contributed by atoms with Crippen LogP contribution in [0, 0.1) is 0 Å². The van der Waals surface area contributed by atoms with Crippen molar-refractivity contribution in [3.63, 3.8) is 0 Å². The first-order valence-electron chi connectivity index (χ1n) is 11.8. The summed E-state index contributed by atoms with van der Waals surface area (Å²) in [5.41, 5.74) is 8.99. The number of ether oxygens (including phenoxy) is 1. The average Bonchev–Trinajstić information content (AvgIpc) is 3.47. The second-order valence-corrected chi connectivity index (χ2v) is 9.10. The summed E-state index contributed by atoms with van der Waals surface area (Å²) in [4.78, 5) is 14.4. The van der Waals surface area contributed by atoms with Crippen LogP contribution in [-0.4, -0.2) is 38.7 Å². The molecule has 0 unspecified atom stereocenters. The lowest BCUT2D eigenvalue weighted by atomic mass is 9.92. The van der Waals surface area contributed by atoms with Gasteiger partial charge in [-0.05, 0) is 56.2 Å². The van der Waals surface area contributed by atoms with Gasteiger partial charge in [0.2, 0.25) is 11.9 Å². The van der Waals surface area contributed by atoms with E-state index in [2.05, 4.69) is 32.3 Å². The monoisotopic (exact) mass is 507 g/mol. The van der Waals surface area contributed by atoms with Crippen molar-refractivity contribution < 1.29 is 4.74 Å². The maximum absolute atomic E-state index is 6.06. The lowest BCUT2D eigenvalue weighted by molar-refractivity contribution is 0.410. The number of nitrogens with one attached hydrogen (secondary N) is 2. The van der Waals surface area contributed by atoms with E-state index in [1.54, 1.807) is 7.11 Å². The molecule has 0 radical (unpaired) electrons. The summed E-state index contributed by atoms with van der Waals surface area (Å²) in [6, 6.07) is 9.27. The Balaban J connectivity index is 0.00000162. The van der Waals surface area contributed by atoms with E-state index in [9.17, 15) is 0 Å². The zero-order valence-corrected chi connectivity index (χ0v) is 21.2. The fourth-order valence-corrected chi connectivity index (χ4v) is 4.96. The Kier molecular flexibility index (Phi) is 9.22. The number of hydrogen-bond donors (Lipinski definition) is 3. The van der Waals surface area contributed by atoms with Gasteiger partial charge in [-0.1, -0.05) is 25.0 Å². The summed E-state index contributed by atoms with van der Waals surface area (Å²) in [5, 5.41) is 7.09. The lowest BCUT2D eigenvalue weighted by Crippen LogP contribution is -2.33. The average molecular weight is 508 g/mol. The number of rotatable bonds is 7. The molecular formula is C24H35Cl2N7O. The van der Waals surface area contributed by atoms with Crippen molar-refractivity contribution >= 4 is 47.9 Å². The molecule has 4 N–H and O–H groups in total. The highest BCUT2D eigenvalue weighted by atomic mass is 35.5. The van der Waals surface area contributed by atoms with E-state index in [0.29, 0.717) is 30.6 Å². The molecule has 1 aromatic carbocycles. The minimum absolute atomic E-state index is 0. The van der Waals surface area contributed by atoms with Gasteiger partial charge in [-0.3, -0.25) is 4.57 Å². The third-order valence-corrected chi connectivity index (χ3v) is 6.84. The van der Waals surface area contributed by atoms with Crippen molar-refractivity contribution in [1.82, 2.24) is 19.5 Å². The standard InChI is InChI=1S/C24H33N7O.2ClH/c1-32-20-12-6-16(7-13-20)14-27-24-29-21-15-26-23(28-18-10-8-17(25)9-11-18)30-22(21)31(24)19-4-2-3-5-19;;/h6-7,12-13,15,17-19H,2-5,8-11,14,25H2,1H3,(H,27,29)(H,26,28,30);2*1H/t17-,18-;;. The minimum atomic E-state index is 0. The first-order valence-corrected chi connectivity index (χ1v) is 11.8. The van der Waals surface area contributed by atoms with Crippen LogP contribution in [0.1, 0.15) is 63.0 Å². The van der Waals surface area contributed by atoms with Crippen molar-refractivity contribution in [2.24, 2.45) is 5.73 Å². The third-order valence-electron chi connectivity index (χ3n) is 6.84. The molecule has 186 valence electrons. The quantitative estimate of drug-likeness (QED) is 0.409. The second kappa shape index (κ2) is 11.9. The molecule has 10 heteroatoms. The van der Waals surface area contributed by atoms with Gasteiger partial charge in [0.05, 0.1) is 13.3 Å². The van der Waals surface area contributed by atoms with Crippen LogP contribution in [0.5, 0.6) is 5.75 Å². The van der Waals surface area contributed by atoms with Gasteiger partial charge in [-0.15, -0.1) is 24.8 Å². The summed E-state index contributed by atoms with van der Waals surface area (Å²) in [7, 11) is 1.69. The van der Waals surface area contributed by atoms with Gasteiger partial charge in [-0.2, -0.15) is 4.98 Å². The van der Waals surface area contributed by atoms with Crippen molar-refractivity contribution in [2.75, 3.05) is 17.7 Å². The predicted octanol–water partition coefficient (Wildman–Crippen LogP) is 5.09. The molecule has 2 aromatic heterocycles.